The van der Waals surface area contributed by atoms with Crippen LogP contribution < -0.4 is 15.4 Å². The molecule has 2 aromatic carbocycles. The summed E-state index contributed by atoms with van der Waals surface area (Å²) in [4.78, 5) is 50.8. The Kier molecular flexibility index (Phi) is 6.03. The number of nitrogens with zero attached hydrogens (tertiary/aromatic N) is 5. The lowest BCUT2D eigenvalue weighted by Crippen LogP contribution is -2.42. The zero-order valence-electron chi connectivity index (χ0n) is 19.6. The van der Waals surface area contributed by atoms with Crippen molar-refractivity contribution in [2.24, 2.45) is 7.05 Å². The van der Waals surface area contributed by atoms with Crippen LogP contribution in [0.3, 0.4) is 0 Å². The van der Waals surface area contributed by atoms with E-state index in [9.17, 15) is 14.4 Å². The Bertz CT molecular complexity index is 1470. The van der Waals surface area contributed by atoms with Gasteiger partial charge in [0.25, 0.3) is 5.91 Å². The normalized spacial score (nSPS) is 13.4. The number of hydrogen-bond acceptors (Lipinski definition) is 7. The Morgan fingerprint density at radius 2 is 1.97 bits per heavy atom. The molecule has 1 aliphatic rings. The topological polar surface area (TPSA) is 131 Å². The van der Waals surface area contributed by atoms with Gasteiger partial charge in [-0.05, 0) is 23.3 Å². The molecule has 3 heterocycles. The zero-order valence-corrected chi connectivity index (χ0v) is 19.6. The lowest BCUT2D eigenvalue weighted by molar-refractivity contribution is -0.108. The number of imide groups is 1. The summed E-state index contributed by atoms with van der Waals surface area (Å²) < 4.78 is 7.07. The number of nitrogens with one attached hydrogen (secondary N) is 2. The summed E-state index contributed by atoms with van der Waals surface area (Å²) in [6, 6.07) is 11.6. The average molecular weight is 486 g/mol. The highest BCUT2D eigenvalue weighted by atomic mass is 16.5. The summed E-state index contributed by atoms with van der Waals surface area (Å²) in [5, 5.41) is 4.88. The van der Waals surface area contributed by atoms with Gasteiger partial charge in [0, 0.05) is 31.3 Å². The molecule has 0 saturated carbocycles. The van der Waals surface area contributed by atoms with Crippen LogP contribution in [-0.4, -0.2) is 56.4 Å². The van der Waals surface area contributed by atoms with Crippen molar-refractivity contribution < 1.29 is 19.1 Å². The maximum atomic E-state index is 13.1. The summed E-state index contributed by atoms with van der Waals surface area (Å²) >= 11 is 0. The van der Waals surface area contributed by atoms with Crippen LogP contribution in [0.25, 0.3) is 22.4 Å². The smallest absolute Gasteiger partial charge is 0.321 e. The summed E-state index contributed by atoms with van der Waals surface area (Å²) in [7, 11) is 3.42. The minimum absolute atomic E-state index is 0.151. The van der Waals surface area contributed by atoms with Crippen LogP contribution in [0.2, 0.25) is 0 Å². The van der Waals surface area contributed by atoms with Crippen LogP contribution >= 0.6 is 0 Å². The average Bonchev–Trinajstić information content (AvgIpc) is 3.43. The molecule has 36 heavy (non-hydrogen) atoms. The highest BCUT2D eigenvalue weighted by molar-refractivity contribution is 5.98. The van der Waals surface area contributed by atoms with Crippen molar-refractivity contribution in [3.05, 3.63) is 71.8 Å². The van der Waals surface area contributed by atoms with Gasteiger partial charge in [-0.25, -0.2) is 19.7 Å². The number of hydrogen-bond donors (Lipinski definition) is 2. The highest BCUT2D eigenvalue weighted by Crippen LogP contribution is 2.30. The Morgan fingerprint density at radius 1 is 1.17 bits per heavy atom. The van der Waals surface area contributed by atoms with Gasteiger partial charge in [-0.15, -0.1) is 0 Å². The van der Waals surface area contributed by atoms with Gasteiger partial charge < -0.3 is 19.5 Å². The lowest BCUT2D eigenvalue weighted by atomic mass is 10.0. The van der Waals surface area contributed by atoms with Gasteiger partial charge in [0.2, 0.25) is 6.41 Å². The molecule has 2 aromatic heterocycles. The summed E-state index contributed by atoms with van der Waals surface area (Å²) in [6.07, 6.45) is 3.49. The quantitative estimate of drug-likeness (QED) is 0.384. The second-order valence-electron chi connectivity index (χ2n) is 8.37. The molecule has 0 unspecified atom stereocenters. The SMILES string of the molecule is COc1ccc2c(c1)C(=O)N(C[C@H](NC(=O)NC=O)c1ccc(-c3ncnc4c3ncn4C)cc1)C2. The maximum Gasteiger partial charge on any atom is 0.321 e. The second kappa shape index (κ2) is 9.45. The van der Waals surface area contributed by atoms with Crippen molar-refractivity contribution in [2.75, 3.05) is 13.7 Å². The predicted octanol–water partition coefficient (Wildman–Crippen LogP) is 2.19. The number of rotatable bonds is 7. The van der Waals surface area contributed by atoms with Gasteiger partial charge in [0.1, 0.15) is 23.3 Å². The lowest BCUT2D eigenvalue weighted by Gasteiger charge is -2.25. The van der Waals surface area contributed by atoms with E-state index in [2.05, 4.69) is 25.6 Å². The molecule has 0 saturated heterocycles. The number of ether oxygens (including phenoxy) is 1. The molecule has 0 fully saturated rings. The van der Waals surface area contributed by atoms with E-state index >= 15 is 0 Å². The predicted molar refractivity (Wildman–Crippen MR) is 130 cm³/mol. The second-order valence-corrected chi connectivity index (χ2v) is 8.37. The number of carbonyl (C=O) groups excluding carboxylic acids is 3. The summed E-state index contributed by atoms with van der Waals surface area (Å²) in [5.74, 6) is 0.452. The van der Waals surface area contributed by atoms with E-state index in [-0.39, 0.29) is 12.5 Å². The largest absolute Gasteiger partial charge is 0.497 e. The summed E-state index contributed by atoms with van der Waals surface area (Å²) in [6.45, 7) is 0.613. The van der Waals surface area contributed by atoms with Crippen LogP contribution in [-0.2, 0) is 18.4 Å². The van der Waals surface area contributed by atoms with Crippen LogP contribution in [0.5, 0.6) is 5.75 Å². The number of aryl methyl sites for hydroxylation is 1. The Balaban J connectivity index is 1.42. The standard InChI is InChI=1S/C25H23N7O4/c1-31-13-28-22-21(26-12-27-23(22)31)16-5-3-15(4-6-16)20(30-25(35)29-14-33)11-32-10-17-7-8-18(36-2)9-19(17)24(32)34/h3-9,12-14,20H,10-11H2,1-2H3,(H2,29,30,33,35)/t20-/m0/s1. The third-order valence-electron chi connectivity index (χ3n) is 6.18. The van der Waals surface area contributed by atoms with Gasteiger partial charge in [0.15, 0.2) is 5.65 Å². The van der Waals surface area contributed by atoms with E-state index in [4.69, 9.17) is 4.74 Å². The number of amides is 4. The first kappa shape index (κ1) is 23.0. The van der Waals surface area contributed by atoms with Gasteiger partial charge in [-0.2, -0.15) is 0 Å². The van der Waals surface area contributed by atoms with Crippen LogP contribution in [0.1, 0.15) is 27.5 Å². The third-order valence-corrected chi connectivity index (χ3v) is 6.18. The number of benzene rings is 2. The van der Waals surface area contributed by atoms with E-state index in [1.54, 1.807) is 24.4 Å². The first-order chi connectivity index (χ1) is 17.5. The van der Waals surface area contributed by atoms with E-state index in [1.165, 1.54) is 6.33 Å². The van der Waals surface area contributed by atoms with Gasteiger partial charge in [0.05, 0.1) is 19.5 Å². The number of urea groups is 1. The first-order valence-electron chi connectivity index (χ1n) is 11.2. The van der Waals surface area contributed by atoms with E-state index in [1.807, 2.05) is 48.0 Å². The Hall–Kier alpha value is -4.80. The van der Waals surface area contributed by atoms with Crippen molar-refractivity contribution in [3.8, 4) is 17.0 Å². The maximum absolute atomic E-state index is 13.1. The molecule has 0 spiro atoms. The van der Waals surface area contributed by atoms with E-state index in [0.717, 1.165) is 22.3 Å². The van der Waals surface area contributed by atoms with E-state index in [0.29, 0.717) is 35.5 Å². The molecule has 0 bridgehead atoms. The fourth-order valence-corrected chi connectivity index (χ4v) is 4.35. The molecule has 0 radical (unpaired) electrons. The van der Waals surface area contributed by atoms with Gasteiger partial charge in [-0.1, -0.05) is 30.3 Å². The monoisotopic (exact) mass is 485 g/mol. The molecule has 1 atom stereocenters. The molecule has 0 aliphatic carbocycles. The minimum atomic E-state index is -0.657. The van der Waals surface area contributed by atoms with Crippen LogP contribution in [0.15, 0.2) is 55.1 Å². The zero-order chi connectivity index (χ0) is 25.2. The number of aromatic nitrogens is 4. The number of fused-ring (bicyclic) bond motifs is 2. The van der Waals surface area contributed by atoms with Crippen molar-refractivity contribution >= 4 is 29.5 Å². The first-order valence-corrected chi connectivity index (χ1v) is 11.2. The fourth-order valence-electron chi connectivity index (χ4n) is 4.35. The van der Waals surface area contributed by atoms with Crippen molar-refractivity contribution in [1.82, 2.24) is 35.1 Å². The molecule has 11 nitrogen and oxygen atoms in total. The van der Waals surface area contributed by atoms with Crippen LogP contribution in [0.4, 0.5) is 4.79 Å². The Morgan fingerprint density at radius 3 is 2.72 bits per heavy atom. The minimum Gasteiger partial charge on any atom is -0.497 e. The Labute approximate surface area is 206 Å². The molecular formula is C25H23N7O4. The fraction of sp³-hybridized carbons (Fsp3) is 0.200. The molecule has 11 heteroatoms. The molecule has 4 amide bonds. The molecule has 1 aliphatic heterocycles. The van der Waals surface area contributed by atoms with Crippen molar-refractivity contribution in [2.45, 2.75) is 12.6 Å². The van der Waals surface area contributed by atoms with Gasteiger partial charge >= 0.3 is 6.03 Å². The van der Waals surface area contributed by atoms with Gasteiger partial charge in [-0.3, -0.25) is 14.9 Å². The molecule has 182 valence electrons. The summed E-state index contributed by atoms with van der Waals surface area (Å²) in [5.41, 5.74) is 5.14. The third kappa shape index (κ3) is 4.22. The molecule has 2 N–H and O–H groups in total. The molecular weight excluding hydrogens is 462 g/mol. The highest BCUT2D eigenvalue weighted by Gasteiger charge is 2.30. The van der Waals surface area contributed by atoms with E-state index < -0.39 is 12.1 Å². The van der Waals surface area contributed by atoms with Crippen molar-refractivity contribution in [1.29, 1.82) is 0 Å². The number of carbonyl (C=O) groups is 3. The molecule has 5 rings (SSSR count). The number of imidazole rings is 1. The number of methoxy groups -OCH3 is 1. The van der Waals surface area contributed by atoms with Crippen molar-refractivity contribution in [3.63, 3.8) is 0 Å². The van der Waals surface area contributed by atoms with Crippen LogP contribution in [0, 0.1) is 0 Å². The molecule has 4 aromatic rings.